The van der Waals surface area contributed by atoms with Gasteiger partial charge in [-0.3, -0.25) is 0 Å². The zero-order valence-electron chi connectivity index (χ0n) is 14.7. The Hall–Kier alpha value is -2.54. The van der Waals surface area contributed by atoms with Crippen molar-refractivity contribution >= 4 is 16.9 Å². The van der Waals surface area contributed by atoms with Crippen LogP contribution in [0.1, 0.15) is 30.3 Å². The molecule has 6 nitrogen and oxygen atoms in total. The highest BCUT2D eigenvalue weighted by Gasteiger charge is 2.30. The average molecular weight is 353 g/mol. The smallest absolute Gasteiger partial charge is 0.169 e. The average Bonchev–Trinajstić information content (AvgIpc) is 3.47. The van der Waals surface area contributed by atoms with Crippen LogP contribution in [0.15, 0.2) is 24.3 Å². The highest BCUT2D eigenvalue weighted by Crippen LogP contribution is 2.40. The summed E-state index contributed by atoms with van der Waals surface area (Å²) in [6.07, 6.45) is 2.27. The fraction of sp³-hybridized carbons (Fsp3) is 0.421. The molecule has 2 aromatic heterocycles. The van der Waals surface area contributed by atoms with Crippen LogP contribution >= 0.6 is 0 Å². The van der Waals surface area contributed by atoms with Crippen molar-refractivity contribution in [3.63, 3.8) is 0 Å². The molecule has 1 aliphatic heterocycles. The number of fused-ring (bicyclic) bond motifs is 1. The maximum absolute atomic E-state index is 13.3. The van der Waals surface area contributed by atoms with Crippen LogP contribution in [0.5, 0.6) is 0 Å². The Kier molecular flexibility index (Phi) is 3.63. The molecule has 0 N–H and O–H groups in total. The van der Waals surface area contributed by atoms with E-state index in [2.05, 4.69) is 4.90 Å². The molecule has 2 fully saturated rings. The number of hydrogen-bond donors (Lipinski definition) is 0. The van der Waals surface area contributed by atoms with Gasteiger partial charge in [0.25, 0.3) is 0 Å². The maximum Gasteiger partial charge on any atom is 0.169 e. The van der Waals surface area contributed by atoms with E-state index >= 15 is 0 Å². The minimum atomic E-state index is -0.260. The van der Waals surface area contributed by atoms with Crippen molar-refractivity contribution in [3.8, 4) is 5.69 Å². The largest absolute Gasteiger partial charge is 0.378 e. The number of halogens is 1. The molecule has 2 aliphatic rings. The van der Waals surface area contributed by atoms with Crippen LogP contribution in [0, 0.1) is 12.7 Å². The van der Waals surface area contributed by atoms with Gasteiger partial charge in [-0.1, -0.05) is 0 Å². The van der Waals surface area contributed by atoms with E-state index in [1.807, 2.05) is 11.6 Å². The van der Waals surface area contributed by atoms with Crippen LogP contribution < -0.4 is 4.90 Å². The highest BCUT2D eigenvalue weighted by atomic mass is 19.1. The van der Waals surface area contributed by atoms with Crippen LogP contribution in [-0.4, -0.2) is 46.1 Å². The van der Waals surface area contributed by atoms with E-state index in [4.69, 9.17) is 19.8 Å². The summed E-state index contributed by atoms with van der Waals surface area (Å²) in [5.74, 6) is 2.02. The normalized spacial score (nSPS) is 17.8. The van der Waals surface area contributed by atoms with Gasteiger partial charge < -0.3 is 9.64 Å². The molecule has 0 spiro atoms. The molecule has 1 aromatic carbocycles. The second-order valence-corrected chi connectivity index (χ2v) is 6.95. The summed E-state index contributed by atoms with van der Waals surface area (Å²) in [7, 11) is 0. The third-order valence-electron chi connectivity index (χ3n) is 5.02. The van der Waals surface area contributed by atoms with Crippen molar-refractivity contribution in [2.24, 2.45) is 0 Å². The van der Waals surface area contributed by atoms with Gasteiger partial charge in [0.05, 0.1) is 30.0 Å². The third kappa shape index (κ3) is 2.63. The van der Waals surface area contributed by atoms with Gasteiger partial charge in [-0.25, -0.2) is 19.0 Å². The van der Waals surface area contributed by atoms with E-state index in [0.717, 1.165) is 60.0 Å². The van der Waals surface area contributed by atoms with E-state index in [1.165, 1.54) is 12.1 Å². The summed E-state index contributed by atoms with van der Waals surface area (Å²) < 4.78 is 20.6. The molecule has 1 aliphatic carbocycles. The number of nitrogens with zero attached hydrogens (tertiary/aromatic N) is 5. The zero-order valence-corrected chi connectivity index (χ0v) is 14.7. The van der Waals surface area contributed by atoms with Gasteiger partial charge in [-0.05, 0) is 44.0 Å². The first kappa shape index (κ1) is 15.7. The Balaban J connectivity index is 1.72. The number of benzene rings is 1. The SMILES string of the molecule is Cc1nn(-c2ccc(F)cc2)c2nc(C3CC3)nc(N3CCOCC3)c12. The van der Waals surface area contributed by atoms with E-state index < -0.39 is 0 Å². The molecule has 3 aromatic rings. The number of aryl methyl sites for hydroxylation is 1. The summed E-state index contributed by atoms with van der Waals surface area (Å²) in [4.78, 5) is 12.0. The lowest BCUT2D eigenvalue weighted by Gasteiger charge is -2.28. The maximum atomic E-state index is 13.3. The van der Waals surface area contributed by atoms with Gasteiger partial charge in [-0.2, -0.15) is 5.10 Å². The first-order chi connectivity index (χ1) is 12.7. The van der Waals surface area contributed by atoms with Gasteiger partial charge in [-0.15, -0.1) is 0 Å². The topological polar surface area (TPSA) is 56.1 Å². The van der Waals surface area contributed by atoms with Crippen LogP contribution in [0.3, 0.4) is 0 Å². The van der Waals surface area contributed by atoms with Gasteiger partial charge in [0.15, 0.2) is 5.65 Å². The standard InChI is InChI=1S/C19H20FN5O/c1-12-16-18(24-8-10-26-11-9-24)21-17(13-2-3-13)22-19(16)25(23-12)15-6-4-14(20)5-7-15/h4-7,13H,2-3,8-11H2,1H3. The molecule has 1 saturated carbocycles. The quantitative estimate of drug-likeness (QED) is 0.725. The highest BCUT2D eigenvalue weighted by molar-refractivity contribution is 5.91. The summed E-state index contributed by atoms with van der Waals surface area (Å²) in [6.45, 7) is 5.02. The van der Waals surface area contributed by atoms with Crippen molar-refractivity contribution in [1.82, 2.24) is 19.7 Å². The minimum absolute atomic E-state index is 0.260. The summed E-state index contributed by atoms with van der Waals surface area (Å²) in [5, 5.41) is 5.67. The lowest BCUT2D eigenvalue weighted by atomic mass is 10.2. The summed E-state index contributed by atoms with van der Waals surface area (Å²) in [6, 6.07) is 6.36. The first-order valence-electron chi connectivity index (χ1n) is 9.06. The molecule has 7 heteroatoms. The summed E-state index contributed by atoms with van der Waals surface area (Å²) in [5.41, 5.74) is 2.48. The molecule has 0 amide bonds. The third-order valence-corrected chi connectivity index (χ3v) is 5.02. The molecule has 0 radical (unpaired) electrons. The molecule has 0 bridgehead atoms. The van der Waals surface area contributed by atoms with Crippen molar-refractivity contribution in [1.29, 1.82) is 0 Å². The van der Waals surface area contributed by atoms with Crippen molar-refractivity contribution in [3.05, 3.63) is 41.6 Å². The van der Waals surface area contributed by atoms with Gasteiger partial charge in [0, 0.05) is 19.0 Å². The van der Waals surface area contributed by atoms with E-state index in [-0.39, 0.29) is 5.82 Å². The number of anilines is 1. The minimum Gasteiger partial charge on any atom is -0.378 e. The van der Waals surface area contributed by atoms with E-state index in [0.29, 0.717) is 19.1 Å². The van der Waals surface area contributed by atoms with Crippen LogP contribution in [0.25, 0.3) is 16.7 Å². The molecule has 26 heavy (non-hydrogen) atoms. The van der Waals surface area contributed by atoms with Gasteiger partial charge in [0.1, 0.15) is 17.5 Å². The molecule has 0 unspecified atom stereocenters. The van der Waals surface area contributed by atoms with E-state index in [1.54, 1.807) is 12.1 Å². The van der Waals surface area contributed by atoms with Crippen molar-refractivity contribution < 1.29 is 9.13 Å². The first-order valence-corrected chi connectivity index (χ1v) is 9.06. The van der Waals surface area contributed by atoms with Crippen LogP contribution in [0.2, 0.25) is 0 Å². The Morgan fingerprint density at radius 1 is 1.08 bits per heavy atom. The number of ether oxygens (including phenoxy) is 1. The predicted molar refractivity (Wildman–Crippen MR) is 96.4 cm³/mol. The Labute approximate surface area is 150 Å². The number of morpholine rings is 1. The molecular formula is C19H20FN5O. The monoisotopic (exact) mass is 353 g/mol. The second-order valence-electron chi connectivity index (χ2n) is 6.95. The predicted octanol–water partition coefficient (Wildman–Crippen LogP) is 2.98. The Morgan fingerprint density at radius 3 is 2.50 bits per heavy atom. The fourth-order valence-electron chi connectivity index (χ4n) is 3.47. The molecular weight excluding hydrogens is 333 g/mol. The number of rotatable bonds is 3. The Morgan fingerprint density at radius 2 is 1.81 bits per heavy atom. The molecule has 1 saturated heterocycles. The van der Waals surface area contributed by atoms with Crippen LogP contribution in [-0.2, 0) is 4.74 Å². The van der Waals surface area contributed by atoms with Crippen LogP contribution in [0.4, 0.5) is 10.2 Å². The molecule has 5 rings (SSSR count). The molecule has 3 heterocycles. The summed E-state index contributed by atoms with van der Waals surface area (Å²) >= 11 is 0. The van der Waals surface area contributed by atoms with Gasteiger partial charge in [0.2, 0.25) is 0 Å². The number of hydrogen-bond acceptors (Lipinski definition) is 5. The second kappa shape index (κ2) is 6.02. The zero-order chi connectivity index (χ0) is 17.7. The lowest BCUT2D eigenvalue weighted by molar-refractivity contribution is 0.122. The van der Waals surface area contributed by atoms with Crippen molar-refractivity contribution in [2.75, 3.05) is 31.2 Å². The molecule has 134 valence electrons. The molecule has 0 atom stereocenters. The van der Waals surface area contributed by atoms with Gasteiger partial charge >= 0.3 is 0 Å². The Bertz CT molecular complexity index is 958. The number of aromatic nitrogens is 4. The van der Waals surface area contributed by atoms with Crippen molar-refractivity contribution in [2.45, 2.75) is 25.7 Å². The lowest BCUT2D eigenvalue weighted by Crippen LogP contribution is -2.37. The van der Waals surface area contributed by atoms with E-state index in [9.17, 15) is 4.39 Å². The fourth-order valence-corrected chi connectivity index (χ4v) is 3.47.